The number of hydrogen-bond donors (Lipinski definition) is 3. The van der Waals surface area contributed by atoms with Crippen LogP contribution in [0.15, 0.2) is 18.2 Å². The minimum Gasteiger partial charge on any atom is -0.329 e. The summed E-state index contributed by atoms with van der Waals surface area (Å²) >= 11 is 11.8. The van der Waals surface area contributed by atoms with Gasteiger partial charge in [0, 0.05) is 29.2 Å². The molecule has 0 aliphatic heterocycles. The summed E-state index contributed by atoms with van der Waals surface area (Å²) in [4.78, 5) is 0. The summed E-state index contributed by atoms with van der Waals surface area (Å²) in [6.45, 7) is 2.05. The highest BCUT2D eigenvalue weighted by Gasteiger charge is 2.02. The summed E-state index contributed by atoms with van der Waals surface area (Å²) in [6, 6.07) is 5.55. The van der Waals surface area contributed by atoms with Crippen LogP contribution in [0.1, 0.15) is 5.56 Å². The Morgan fingerprint density at radius 3 is 2.69 bits per heavy atom. The summed E-state index contributed by atoms with van der Waals surface area (Å²) in [5, 5.41) is 4.59. The second-order valence-electron chi connectivity index (χ2n) is 3.69. The first kappa shape index (κ1) is 13.7. The first-order valence-electron chi connectivity index (χ1n) is 5.23. The molecule has 1 unspecified atom stereocenters. The van der Waals surface area contributed by atoms with Crippen LogP contribution in [-0.4, -0.2) is 25.7 Å². The maximum absolute atomic E-state index is 6.04. The molecule has 0 aliphatic rings. The summed E-state index contributed by atoms with van der Waals surface area (Å²) in [5.74, 6) is 0. The third-order valence-electron chi connectivity index (χ3n) is 2.30. The van der Waals surface area contributed by atoms with Crippen LogP contribution in [0, 0.1) is 0 Å². The molecule has 0 saturated heterocycles. The van der Waals surface area contributed by atoms with Gasteiger partial charge in [0.1, 0.15) is 0 Å². The monoisotopic (exact) mass is 261 g/mol. The van der Waals surface area contributed by atoms with Crippen LogP contribution in [0.25, 0.3) is 0 Å². The van der Waals surface area contributed by atoms with Crippen molar-refractivity contribution >= 4 is 23.2 Å². The van der Waals surface area contributed by atoms with E-state index < -0.39 is 0 Å². The van der Waals surface area contributed by atoms with Crippen LogP contribution >= 0.6 is 23.2 Å². The molecule has 1 aromatic rings. The van der Waals surface area contributed by atoms with Gasteiger partial charge in [0.15, 0.2) is 0 Å². The maximum Gasteiger partial charge on any atom is 0.0453 e. The number of hydrogen-bond acceptors (Lipinski definition) is 3. The second-order valence-corrected chi connectivity index (χ2v) is 4.53. The van der Waals surface area contributed by atoms with Crippen molar-refractivity contribution in [1.82, 2.24) is 5.32 Å². The molecule has 5 heteroatoms. The maximum atomic E-state index is 6.04. The molecule has 0 radical (unpaired) electrons. The van der Waals surface area contributed by atoms with Gasteiger partial charge in [0.2, 0.25) is 0 Å². The Labute approximate surface area is 106 Å². The molecule has 1 atom stereocenters. The molecule has 3 nitrogen and oxygen atoms in total. The van der Waals surface area contributed by atoms with E-state index in [1.165, 1.54) is 0 Å². The zero-order valence-corrected chi connectivity index (χ0v) is 10.6. The average molecular weight is 262 g/mol. The van der Waals surface area contributed by atoms with E-state index in [1.54, 1.807) is 6.07 Å². The largest absolute Gasteiger partial charge is 0.329 e. The lowest BCUT2D eigenvalue weighted by Crippen LogP contribution is -2.40. The van der Waals surface area contributed by atoms with E-state index in [9.17, 15) is 0 Å². The van der Waals surface area contributed by atoms with Crippen molar-refractivity contribution in [1.29, 1.82) is 0 Å². The fourth-order valence-corrected chi connectivity index (χ4v) is 1.82. The molecule has 0 heterocycles. The van der Waals surface area contributed by atoms with Crippen LogP contribution < -0.4 is 16.8 Å². The molecular formula is C11H17Cl2N3. The zero-order valence-electron chi connectivity index (χ0n) is 9.05. The van der Waals surface area contributed by atoms with Crippen molar-refractivity contribution in [3.63, 3.8) is 0 Å². The number of nitrogens with two attached hydrogens (primary N) is 2. The Balaban J connectivity index is 2.32. The van der Waals surface area contributed by atoms with Gasteiger partial charge in [-0.15, -0.1) is 0 Å². The van der Waals surface area contributed by atoms with E-state index in [2.05, 4.69) is 5.32 Å². The number of halogens is 2. The van der Waals surface area contributed by atoms with Crippen LogP contribution in [0.4, 0.5) is 0 Å². The SMILES string of the molecule is NCC(N)CNCCc1ccc(Cl)cc1Cl. The molecule has 0 aliphatic carbocycles. The fourth-order valence-electron chi connectivity index (χ4n) is 1.32. The van der Waals surface area contributed by atoms with Crippen molar-refractivity contribution in [2.24, 2.45) is 11.5 Å². The lowest BCUT2D eigenvalue weighted by Gasteiger charge is -2.10. The Bertz CT molecular complexity index is 331. The summed E-state index contributed by atoms with van der Waals surface area (Å²) < 4.78 is 0. The number of nitrogens with one attached hydrogen (secondary N) is 1. The zero-order chi connectivity index (χ0) is 12.0. The predicted octanol–water partition coefficient (Wildman–Crippen LogP) is 1.41. The average Bonchev–Trinajstić information content (AvgIpc) is 2.26. The number of rotatable bonds is 6. The first-order valence-corrected chi connectivity index (χ1v) is 5.99. The molecule has 90 valence electrons. The summed E-state index contributed by atoms with van der Waals surface area (Å²) in [7, 11) is 0. The Hall–Kier alpha value is -0.320. The van der Waals surface area contributed by atoms with Gasteiger partial charge in [-0.3, -0.25) is 0 Å². The van der Waals surface area contributed by atoms with Gasteiger partial charge in [-0.25, -0.2) is 0 Å². The standard InChI is InChI=1S/C11H17Cl2N3/c12-9-2-1-8(11(13)5-9)3-4-16-7-10(15)6-14/h1-2,5,10,16H,3-4,6-7,14-15H2. The van der Waals surface area contributed by atoms with E-state index in [0.29, 0.717) is 16.6 Å². The molecular weight excluding hydrogens is 245 g/mol. The molecule has 5 N–H and O–H groups in total. The van der Waals surface area contributed by atoms with Crippen molar-refractivity contribution in [2.75, 3.05) is 19.6 Å². The third kappa shape index (κ3) is 4.68. The van der Waals surface area contributed by atoms with E-state index in [4.69, 9.17) is 34.7 Å². The van der Waals surface area contributed by atoms with E-state index in [0.717, 1.165) is 25.1 Å². The molecule has 0 saturated carbocycles. The molecule has 0 aromatic heterocycles. The molecule has 16 heavy (non-hydrogen) atoms. The minimum absolute atomic E-state index is 0.0145. The van der Waals surface area contributed by atoms with Gasteiger partial charge in [-0.1, -0.05) is 29.3 Å². The van der Waals surface area contributed by atoms with Crippen LogP contribution in [-0.2, 0) is 6.42 Å². The third-order valence-corrected chi connectivity index (χ3v) is 2.88. The van der Waals surface area contributed by atoms with Gasteiger partial charge in [-0.2, -0.15) is 0 Å². The van der Waals surface area contributed by atoms with Gasteiger partial charge in [-0.05, 0) is 30.7 Å². The van der Waals surface area contributed by atoms with Crippen LogP contribution in [0.3, 0.4) is 0 Å². The lowest BCUT2D eigenvalue weighted by atomic mass is 10.1. The molecule has 0 bridgehead atoms. The molecule has 1 rings (SSSR count). The highest BCUT2D eigenvalue weighted by Crippen LogP contribution is 2.20. The number of benzene rings is 1. The fraction of sp³-hybridized carbons (Fsp3) is 0.455. The topological polar surface area (TPSA) is 64.1 Å². The molecule has 0 fully saturated rings. The van der Waals surface area contributed by atoms with Crippen LogP contribution in [0.5, 0.6) is 0 Å². The van der Waals surface area contributed by atoms with Crippen molar-refractivity contribution < 1.29 is 0 Å². The first-order chi connectivity index (χ1) is 7.63. The quantitative estimate of drug-likeness (QED) is 0.679. The van der Waals surface area contributed by atoms with E-state index in [-0.39, 0.29) is 6.04 Å². The summed E-state index contributed by atoms with van der Waals surface area (Å²) in [6.07, 6.45) is 0.854. The van der Waals surface area contributed by atoms with Crippen molar-refractivity contribution in [3.05, 3.63) is 33.8 Å². The smallest absolute Gasteiger partial charge is 0.0453 e. The second kappa shape index (κ2) is 7.09. The Morgan fingerprint density at radius 2 is 2.06 bits per heavy atom. The molecule has 0 amide bonds. The normalized spacial score (nSPS) is 12.8. The minimum atomic E-state index is 0.0145. The van der Waals surface area contributed by atoms with Gasteiger partial charge in [0.25, 0.3) is 0 Å². The lowest BCUT2D eigenvalue weighted by molar-refractivity contribution is 0.583. The Morgan fingerprint density at radius 1 is 1.31 bits per heavy atom. The predicted molar refractivity (Wildman–Crippen MR) is 70.1 cm³/mol. The van der Waals surface area contributed by atoms with Crippen LogP contribution in [0.2, 0.25) is 10.0 Å². The van der Waals surface area contributed by atoms with E-state index in [1.807, 2.05) is 12.1 Å². The highest BCUT2D eigenvalue weighted by molar-refractivity contribution is 6.35. The Kier molecular flexibility index (Phi) is 6.09. The van der Waals surface area contributed by atoms with Crippen molar-refractivity contribution in [2.45, 2.75) is 12.5 Å². The van der Waals surface area contributed by atoms with E-state index >= 15 is 0 Å². The van der Waals surface area contributed by atoms with Gasteiger partial charge < -0.3 is 16.8 Å². The van der Waals surface area contributed by atoms with Gasteiger partial charge >= 0.3 is 0 Å². The molecule has 0 spiro atoms. The van der Waals surface area contributed by atoms with Crippen molar-refractivity contribution in [3.8, 4) is 0 Å². The molecule has 1 aromatic carbocycles. The summed E-state index contributed by atoms with van der Waals surface area (Å²) in [5.41, 5.74) is 12.2. The highest BCUT2D eigenvalue weighted by atomic mass is 35.5. The van der Waals surface area contributed by atoms with Gasteiger partial charge in [0.05, 0.1) is 0 Å².